The number of benzene rings is 1. The Morgan fingerprint density at radius 1 is 1.05 bits per heavy atom. The Labute approximate surface area is 118 Å². The Kier molecular flexibility index (Phi) is 2.91. The first-order valence-corrected chi connectivity index (χ1v) is 6.02. The summed E-state index contributed by atoms with van der Waals surface area (Å²) in [6, 6.07) is 10.4. The maximum Gasteiger partial charge on any atom is 0.416 e. The van der Waals surface area contributed by atoms with E-state index >= 15 is 0 Å². The standard InChI is InChI=1S/C15H8F3N3/c1-19-12-4-2-10(3-5-12)14-9-13-8-11(15(16,17)18)6-7-21(13)20-14/h2-9H. The third-order valence-electron chi connectivity index (χ3n) is 3.08. The lowest BCUT2D eigenvalue weighted by Crippen LogP contribution is -2.05. The molecule has 2 aromatic heterocycles. The molecule has 2 heterocycles. The Morgan fingerprint density at radius 2 is 1.76 bits per heavy atom. The van der Waals surface area contributed by atoms with Gasteiger partial charge in [0, 0.05) is 6.20 Å². The van der Waals surface area contributed by atoms with Gasteiger partial charge in [0.1, 0.15) is 0 Å². The third-order valence-corrected chi connectivity index (χ3v) is 3.08. The zero-order valence-electron chi connectivity index (χ0n) is 10.6. The summed E-state index contributed by atoms with van der Waals surface area (Å²) >= 11 is 0. The molecular formula is C15H8F3N3. The molecule has 0 unspecified atom stereocenters. The smallest absolute Gasteiger partial charge is 0.240 e. The molecule has 1 aromatic carbocycles. The molecule has 3 nitrogen and oxygen atoms in total. The Morgan fingerprint density at radius 3 is 2.38 bits per heavy atom. The van der Waals surface area contributed by atoms with E-state index < -0.39 is 11.7 Å². The van der Waals surface area contributed by atoms with Gasteiger partial charge in [-0.05, 0) is 23.8 Å². The van der Waals surface area contributed by atoms with Crippen molar-refractivity contribution >= 4 is 11.2 Å². The van der Waals surface area contributed by atoms with Gasteiger partial charge in [-0.3, -0.25) is 0 Å². The Bertz CT molecular complexity index is 839. The van der Waals surface area contributed by atoms with Gasteiger partial charge in [0.15, 0.2) is 5.69 Å². The van der Waals surface area contributed by atoms with Crippen molar-refractivity contribution in [2.45, 2.75) is 6.18 Å². The number of hydrogen-bond acceptors (Lipinski definition) is 1. The van der Waals surface area contributed by atoms with Crippen molar-refractivity contribution in [2.75, 3.05) is 0 Å². The van der Waals surface area contributed by atoms with E-state index in [1.807, 2.05) is 0 Å². The van der Waals surface area contributed by atoms with Gasteiger partial charge in [-0.1, -0.05) is 24.3 Å². The lowest BCUT2D eigenvalue weighted by Gasteiger charge is -2.05. The van der Waals surface area contributed by atoms with Gasteiger partial charge >= 0.3 is 6.18 Å². The monoisotopic (exact) mass is 287 g/mol. The first kappa shape index (κ1) is 13.2. The fraction of sp³-hybridized carbons (Fsp3) is 0.0667. The molecule has 0 fully saturated rings. The highest BCUT2D eigenvalue weighted by Crippen LogP contribution is 2.30. The van der Waals surface area contributed by atoms with E-state index in [1.165, 1.54) is 10.7 Å². The van der Waals surface area contributed by atoms with Crippen molar-refractivity contribution in [1.82, 2.24) is 9.61 Å². The molecule has 0 radical (unpaired) electrons. The molecule has 3 rings (SSSR count). The van der Waals surface area contributed by atoms with Crippen molar-refractivity contribution in [1.29, 1.82) is 0 Å². The molecule has 6 heteroatoms. The Hall–Kier alpha value is -2.81. The summed E-state index contributed by atoms with van der Waals surface area (Å²) in [6.07, 6.45) is -3.08. The third kappa shape index (κ3) is 2.46. The summed E-state index contributed by atoms with van der Waals surface area (Å²) in [5, 5.41) is 4.23. The van der Waals surface area contributed by atoms with Gasteiger partial charge in [-0.15, -0.1) is 0 Å². The maximum absolute atomic E-state index is 12.7. The van der Waals surface area contributed by atoms with Crippen LogP contribution in [-0.2, 0) is 6.18 Å². The van der Waals surface area contributed by atoms with E-state index in [2.05, 4.69) is 9.94 Å². The lowest BCUT2D eigenvalue weighted by molar-refractivity contribution is -0.137. The highest BCUT2D eigenvalue weighted by atomic mass is 19.4. The van der Waals surface area contributed by atoms with E-state index in [9.17, 15) is 13.2 Å². The molecule has 0 aliphatic heterocycles. The van der Waals surface area contributed by atoms with Crippen molar-refractivity contribution in [3.05, 3.63) is 65.6 Å². The van der Waals surface area contributed by atoms with Crippen LogP contribution in [0.3, 0.4) is 0 Å². The van der Waals surface area contributed by atoms with Crippen molar-refractivity contribution < 1.29 is 13.2 Å². The van der Waals surface area contributed by atoms with E-state index in [4.69, 9.17) is 6.57 Å². The summed E-state index contributed by atoms with van der Waals surface area (Å²) in [6.45, 7) is 6.89. The minimum absolute atomic E-state index is 0.370. The summed E-state index contributed by atoms with van der Waals surface area (Å²) in [5.41, 5.74) is 1.48. The van der Waals surface area contributed by atoms with Gasteiger partial charge in [-0.25, -0.2) is 9.36 Å². The number of alkyl halides is 3. The number of rotatable bonds is 1. The van der Waals surface area contributed by atoms with E-state index in [1.54, 1.807) is 30.3 Å². The van der Waals surface area contributed by atoms with Crippen LogP contribution in [0.25, 0.3) is 21.6 Å². The number of nitrogens with zero attached hydrogens (tertiary/aromatic N) is 3. The molecule has 21 heavy (non-hydrogen) atoms. The van der Waals surface area contributed by atoms with Gasteiger partial charge in [0.25, 0.3) is 0 Å². The minimum atomic E-state index is -4.37. The molecule has 0 amide bonds. The molecule has 0 spiro atoms. The average Bonchev–Trinajstić information content (AvgIpc) is 2.89. The molecule has 104 valence electrons. The second kappa shape index (κ2) is 4.63. The number of halogens is 3. The van der Waals surface area contributed by atoms with Gasteiger partial charge in [0.2, 0.25) is 0 Å². The van der Waals surface area contributed by atoms with Crippen LogP contribution >= 0.6 is 0 Å². The molecule has 0 atom stereocenters. The number of pyridine rings is 1. The summed E-state index contributed by atoms with van der Waals surface area (Å²) in [5.74, 6) is 0. The van der Waals surface area contributed by atoms with E-state index in [-0.39, 0.29) is 0 Å². The molecule has 3 aromatic rings. The highest BCUT2D eigenvalue weighted by Gasteiger charge is 2.30. The minimum Gasteiger partial charge on any atom is -0.240 e. The predicted molar refractivity (Wildman–Crippen MR) is 71.9 cm³/mol. The predicted octanol–water partition coefficient (Wildman–Crippen LogP) is 4.57. The fourth-order valence-electron chi connectivity index (χ4n) is 2.02. The zero-order valence-corrected chi connectivity index (χ0v) is 10.6. The van der Waals surface area contributed by atoms with Crippen LogP contribution in [0.4, 0.5) is 18.9 Å². The number of fused-ring (bicyclic) bond motifs is 1. The topological polar surface area (TPSA) is 21.7 Å². The van der Waals surface area contributed by atoms with Crippen molar-refractivity contribution in [2.24, 2.45) is 0 Å². The summed E-state index contributed by atoms with van der Waals surface area (Å²) in [4.78, 5) is 3.29. The molecule has 0 N–H and O–H groups in total. The van der Waals surface area contributed by atoms with Gasteiger partial charge in [0.05, 0.1) is 23.3 Å². The largest absolute Gasteiger partial charge is 0.416 e. The number of hydrogen-bond donors (Lipinski definition) is 0. The molecular weight excluding hydrogens is 279 g/mol. The molecule has 0 bridgehead atoms. The highest BCUT2D eigenvalue weighted by molar-refractivity contribution is 5.68. The second-order valence-corrected chi connectivity index (χ2v) is 4.47. The first-order valence-electron chi connectivity index (χ1n) is 6.02. The lowest BCUT2D eigenvalue weighted by atomic mass is 10.1. The SMILES string of the molecule is [C-]#[N+]c1ccc(-c2cc3cc(C(F)(F)F)ccn3n2)cc1. The zero-order chi connectivity index (χ0) is 15.0. The normalized spacial score (nSPS) is 11.5. The maximum atomic E-state index is 12.7. The Balaban J connectivity index is 2.06. The van der Waals surface area contributed by atoms with Crippen LogP contribution < -0.4 is 0 Å². The van der Waals surface area contributed by atoms with Crippen LogP contribution in [0.2, 0.25) is 0 Å². The van der Waals surface area contributed by atoms with Gasteiger partial charge < -0.3 is 0 Å². The first-order chi connectivity index (χ1) is 9.97. The molecule has 0 saturated heterocycles. The fourth-order valence-corrected chi connectivity index (χ4v) is 2.02. The van der Waals surface area contributed by atoms with Crippen LogP contribution in [0.5, 0.6) is 0 Å². The van der Waals surface area contributed by atoms with Crippen LogP contribution in [0, 0.1) is 6.57 Å². The number of aromatic nitrogens is 2. The average molecular weight is 287 g/mol. The molecule has 0 saturated carbocycles. The van der Waals surface area contributed by atoms with Crippen LogP contribution in [-0.4, -0.2) is 9.61 Å². The quantitative estimate of drug-likeness (QED) is 0.601. The van der Waals surface area contributed by atoms with Gasteiger partial charge in [-0.2, -0.15) is 18.3 Å². The van der Waals surface area contributed by atoms with Crippen LogP contribution in [0.15, 0.2) is 48.7 Å². The molecule has 0 aliphatic rings. The summed E-state index contributed by atoms with van der Waals surface area (Å²) in [7, 11) is 0. The van der Waals surface area contributed by atoms with Crippen LogP contribution in [0.1, 0.15) is 5.56 Å². The van der Waals surface area contributed by atoms with Crippen molar-refractivity contribution in [3.63, 3.8) is 0 Å². The van der Waals surface area contributed by atoms with E-state index in [0.29, 0.717) is 16.9 Å². The molecule has 0 aliphatic carbocycles. The summed E-state index contributed by atoms with van der Waals surface area (Å²) < 4.78 is 39.4. The van der Waals surface area contributed by atoms with E-state index in [0.717, 1.165) is 17.7 Å². The van der Waals surface area contributed by atoms with Crippen molar-refractivity contribution in [3.8, 4) is 11.3 Å². The second-order valence-electron chi connectivity index (χ2n) is 4.47.